The summed E-state index contributed by atoms with van der Waals surface area (Å²) < 4.78 is 34.2. The van der Waals surface area contributed by atoms with Gasteiger partial charge in [-0.15, -0.1) is 0 Å². The highest BCUT2D eigenvalue weighted by Gasteiger charge is 2.21. The molecule has 0 radical (unpaired) electrons. The molecular weight excluding hydrogens is 500 g/mol. The van der Waals surface area contributed by atoms with E-state index in [2.05, 4.69) is 4.99 Å². The van der Waals surface area contributed by atoms with E-state index in [1.165, 1.54) is 4.31 Å². The molecule has 0 spiro atoms. The second-order valence-electron chi connectivity index (χ2n) is 8.54. The van der Waals surface area contributed by atoms with Gasteiger partial charge in [-0.05, 0) is 48.5 Å². The van der Waals surface area contributed by atoms with E-state index >= 15 is 0 Å². The van der Waals surface area contributed by atoms with Crippen molar-refractivity contribution in [1.29, 1.82) is 0 Å². The highest BCUT2D eigenvalue weighted by molar-refractivity contribution is 7.89. The van der Waals surface area contributed by atoms with Crippen LogP contribution in [0.15, 0.2) is 110 Å². The molecule has 0 amide bonds. The van der Waals surface area contributed by atoms with E-state index in [1.54, 1.807) is 53.5 Å². The van der Waals surface area contributed by atoms with Crippen molar-refractivity contribution < 1.29 is 12.8 Å². The first kappa shape index (κ1) is 25.3. The summed E-state index contributed by atoms with van der Waals surface area (Å²) in [6.45, 7) is 4.41. The van der Waals surface area contributed by atoms with Crippen molar-refractivity contribution in [1.82, 2.24) is 14.1 Å². The number of benzene rings is 3. The van der Waals surface area contributed by atoms with Gasteiger partial charge in [0.1, 0.15) is 11.3 Å². The van der Waals surface area contributed by atoms with E-state index in [0.717, 1.165) is 11.1 Å². The van der Waals surface area contributed by atoms with Crippen molar-refractivity contribution in [3.8, 4) is 16.9 Å². The molecular formula is C29H26N4O4S. The molecule has 0 aliphatic heterocycles. The minimum atomic E-state index is -3.55. The summed E-state index contributed by atoms with van der Waals surface area (Å²) >= 11 is 0. The summed E-state index contributed by atoms with van der Waals surface area (Å²) in [6.07, 6.45) is 3.41. The quantitative estimate of drug-likeness (QED) is 0.198. The lowest BCUT2D eigenvalue weighted by Gasteiger charge is -2.18. The normalized spacial score (nSPS) is 12.1. The second-order valence-corrected chi connectivity index (χ2v) is 10.5. The lowest BCUT2D eigenvalue weighted by molar-refractivity contribution is 0.445. The van der Waals surface area contributed by atoms with Crippen LogP contribution in [0.1, 0.15) is 19.4 Å². The Morgan fingerprint density at radius 2 is 1.63 bits per heavy atom. The molecule has 2 heterocycles. The summed E-state index contributed by atoms with van der Waals surface area (Å²) in [5.74, 6) is 0. The molecule has 5 rings (SSSR count). The van der Waals surface area contributed by atoms with E-state index in [-0.39, 0.29) is 4.90 Å². The number of fused-ring (bicyclic) bond motifs is 1. The number of aromatic nitrogens is 2. The molecule has 0 aliphatic rings. The maximum absolute atomic E-state index is 12.9. The van der Waals surface area contributed by atoms with Crippen LogP contribution in [-0.4, -0.2) is 41.8 Å². The SMILES string of the molecule is CCN(CC)S(=O)(=O)c1ccc(N=Cc2cn(-c3ccccc3)nc2-c2cc3ccccc3oc2=O)cc1. The maximum atomic E-state index is 12.9. The predicted octanol–water partition coefficient (Wildman–Crippen LogP) is 5.43. The van der Waals surface area contributed by atoms with Crippen molar-refractivity contribution in [2.24, 2.45) is 4.99 Å². The van der Waals surface area contributed by atoms with Crippen molar-refractivity contribution in [3.63, 3.8) is 0 Å². The Morgan fingerprint density at radius 1 is 0.947 bits per heavy atom. The van der Waals surface area contributed by atoms with E-state index in [1.807, 2.05) is 62.4 Å². The van der Waals surface area contributed by atoms with Gasteiger partial charge in [0.25, 0.3) is 0 Å². The van der Waals surface area contributed by atoms with E-state index in [0.29, 0.717) is 41.2 Å². The molecule has 0 bridgehead atoms. The third kappa shape index (κ3) is 4.93. The van der Waals surface area contributed by atoms with Crippen LogP contribution < -0.4 is 5.63 Å². The Balaban J connectivity index is 1.55. The lowest BCUT2D eigenvalue weighted by Crippen LogP contribution is -2.30. The first-order valence-corrected chi connectivity index (χ1v) is 13.7. The molecule has 0 N–H and O–H groups in total. The number of nitrogens with zero attached hydrogens (tertiary/aromatic N) is 4. The summed E-state index contributed by atoms with van der Waals surface area (Å²) in [4.78, 5) is 17.7. The van der Waals surface area contributed by atoms with Crippen molar-refractivity contribution in [2.75, 3.05) is 13.1 Å². The van der Waals surface area contributed by atoms with Crippen LogP contribution in [0.5, 0.6) is 0 Å². The van der Waals surface area contributed by atoms with Gasteiger partial charge < -0.3 is 4.42 Å². The maximum Gasteiger partial charge on any atom is 0.345 e. The molecule has 0 unspecified atom stereocenters. The molecule has 9 heteroatoms. The first-order chi connectivity index (χ1) is 18.4. The van der Waals surface area contributed by atoms with Crippen molar-refractivity contribution >= 4 is 32.9 Å². The number of sulfonamides is 1. The number of hydrogen-bond donors (Lipinski definition) is 0. The smallest absolute Gasteiger partial charge is 0.345 e. The van der Waals surface area contributed by atoms with Gasteiger partial charge in [-0.3, -0.25) is 4.99 Å². The molecule has 192 valence electrons. The molecule has 0 fully saturated rings. The summed E-state index contributed by atoms with van der Waals surface area (Å²) in [5.41, 5.74) is 2.74. The van der Waals surface area contributed by atoms with Gasteiger partial charge in [-0.25, -0.2) is 17.9 Å². The molecule has 0 aliphatic carbocycles. The van der Waals surface area contributed by atoms with Crippen LogP contribution >= 0.6 is 0 Å². The third-order valence-electron chi connectivity index (χ3n) is 6.19. The zero-order chi connectivity index (χ0) is 26.7. The Bertz CT molecular complexity index is 1770. The molecule has 0 saturated heterocycles. The Labute approximate surface area is 220 Å². The molecule has 0 saturated carbocycles. The van der Waals surface area contributed by atoms with Crippen molar-refractivity contribution in [2.45, 2.75) is 18.7 Å². The fourth-order valence-electron chi connectivity index (χ4n) is 4.19. The van der Waals surface area contributed by atoms with Gasteiger partial charge in [0.2, 0.25) is 10.0 Å². The van der Waals surface area contributed by atoms with Crippen LogP contribution in [0.25, 0.3) is 27.9 Å². The molecule has 5 aromatic rings. The number of hydrogen-bond acceptors (Lipinski definition) is 6. The molecule has 8 nitrogen and oxygen atoms in total. The van der Waals surface area contributed by atoms with Gasteiger partial charge in [0.05, 0.1) is 21.8 Å². The van der Waals surface area contributed by atoms with Gasteiger partial charge in [-0.1, -0.05) is 50.2 Å². The van der Waals surface area contributed by atoms with Crippen LogP contribution in [0.4, 0.5) is 5.69 Å². The fourth-order valence-corrected chi connectivity index (χ4v) is 5.65. The van der Waals surface area contributed by atoms with Crippen LogP contribution in [-0.2, 0) is 10.0 Å². The Hall–Kier alpha value is -4.34. The second kappa shape index (κ2) is 10.6. The van der Waals surface area contributed by atoms with Crippen molar-refractivity contribution in [3.05, 3.63) is 107 Å². The number of rotatable bonds is 8. The third-order valence-corrected chi connectivity index (χ3v) is 8.26. The van der Waals surface area contributed by atoms with Crippen LogP contribution in [0.3, 0.4) is 0 Å². The topological polar surface area (TPSA) is 97.8 Å². The minimum absolute atomic E-state index is 0.214. The molecule has 38 heavy (non-hydrogen) atoms. The fraction of sp³-hybridized carbons (Fsp3) is 0.138. The van der Waals surface area contributed by atoms with E-state index in [9.17, 15) is 13.2 Å². The molecule has 3 aromatic carbocycles. The number of para-hydroxylation sites is 2. The predicted molar refractivity (Wildman–Crippen MR) is 149 cm³/mol. The lowest BCUT2D eigenvalue weighted by atomic mass is 10.1. The standard InChI is InChI=1S/C29H26N4O4S/c1-3-32(4-2)38(35,36)25-16-14-23(15-17-25)30-19-22-20-33(24-11-6-5-7-12-24)31-28(22)26-18-21-10-8-9-13-27(21)37-29(26)34/h5-20H,3-4H2,1-2H3. The van der Waals surface area contributed by atoms with E-state index in [4.69, 9.17) is 9.52 Å². The summed E-state index contributed by atoms with van der Waals surface area (Å²) in [7, 11) is -3.55. The zero-order valence-electron chi connectivity index (χ0n) is 21.0. The largest absolute Gasteiger partial charge is 0.422 e. The summed E-state index contributed by atoms with van der Waals surface area (Å²) in [6, 6.07) is 25.0. The van der Waals surface area contributed by atoms with E-state index < -0.39 is 15.6 Å². The summed E-state index contributed by atoms with van der Waals surface area (Å²) in [5, 5.41) is 5.48. The molecule has 2 aromatic heterocycles. The highest BCUT2D eigenvalue weighted by Crippen LogP contribution is 2.25. The Morgan fingerprint density at radius 3 is 2.34 bits per heavy atom. The van der Waals surface area contributed by atoms with Gasteiger partial charge in [-0.2, -0.15) is 9.40 Å². The Kier molecular flexibility index (Phi) is 7.04. The van der Waals surface area contributed by atoms with Gasteiger partial charge in [0, 0.05) is 36.5 Å². The number of aliphatic imine (C=N–C) groups is 1. The minimum Gasteiger partial charge on any atom is -0.422 e. The average molecular weight is 527 g/mol. The molecule has 0 atom stereocenters. The monoisotopic (exact) mass is 526 g/mol. The van der Waals surface area contributed by atoms with Gasteiger partial charge in [0.15, 0.2) is 0 Å². The van der Waals surface area contributed by atoms with Crippen LogP contribution in [0, 0.1) is 0 Å². The average Bonchev–Trinajstić information content (AvgIpc) is 3.37. The zero-order valence-corrected chi connectivity index (χ0v) is 21.8. The van der Waals surface area contributed by atoms with Gasteiger partial charge >= 0.3 is 5.63 Å². The van der Waals surface area contributed by atoms with Crippen LogP contribution in [0.2, 0.25) is 0 Å². The highest BCUT2D eigenvalue weighted by atomic mass is 32.2. The first-order valence-electron chi connectivity index (χ1n) is 12.2.